The number of amides is 2. The van der Waals surface area contributed by atoms with Crippen LogP contribution in [0.25, 0.3) is 6.08 Å². The Morgan fingerprint density at radius 3 is 2.50 bits per heavy atom. The van der Waals surface area contributed by atoms with E-state index in [-0.39, 0.29) is 24.0 Å². The third-order valence-corrected chi connectivity index (χ3v) is 5.20. The molecule has 1 aliphatic heterocycles. The van der Waals surface area contributed by atoms with Gasteiger partial charge in [0, 0.05) is 11.6 Å². The molecule has 1 heterocycles. The van der Waals surface area contributed by atoms with Crippen molar-refractivity contribution in [2.45, 2.75) is 6.42 Å². The van der Waals surface area contributed by atoms with Crippen LogP contribution in [0.1, 0.15) is 11.1 Å². The van der Waals surface area contributed by atoms with Crippen LogP contribution < -0.4 is 15.0 Å². The number of hydrogen-bond donors (Lipinski definition) is 1. The highest BCUT2D eigenvalue weighted by Crippen LogP contribution is 2.35. The molecule has 2 amide bonds. The molecule has 3 aromatic carbocycles. The fraction of sp³-hybridized carbons (Fsp3) is 0.120. The summed E-state index contributed by atoms with van der Waals surface area (Å²) >= 11 is 5.89. The second-order valence-electron chi connectivity index (χ2n) is 7.25. The van der Waals surface area contributed by atoms with Gasteiger partial charge in [-0.3, -0.25) is 14.5 Å². The van der Waals surface area contributed by atoms with Gasteiger partial charge < -0.3 is 10.1 Å². The summed E-state index contributed by atoms with van der Waals surface area (Å²) < 4.78 is 19.0. The van der Waals surface area contributed by atoms with Gasteiger partial charge in [0.1, 0.15) is 12.4 Å². The van der Waals surface area contributed by atoms with Crippen LogP contribution in [-0.4, -0.2) is 24.9 Å². The number of para-hydroxylation sites is 2. The number of rotatable bonds is 6. The third-order valence-electron chi connectivity index (χ3n) is 4.95. The van der Waals surface area contributed by atoms with E-state index in [0.29, 0.717) is 35.0 Å². The number of anilines is 1. The molecule has 1 N–H and O–H groups in total. The highest BCUT2D eigenvalue weighted by Gasteiger charge is 2.31. The normalized spacial score (nSPS) is 14.1. The van der Waals surface area contributed by atoms with E-state index >= 15 is 0 Å². The van der Waals surface area contributed by atoms with Crippen LogP contribution in [0, 0.1) is 5.82 Å². The molecule has 0 saturated heterocycles. The van der Waals surface area contributed by atoms with Gasteiger partial charge in [-0.2, -0.15) is 0 Å². The van der Waals surface area contributed by atoms with Gasteiger partial charge in [0.2, 0.25) is 5.91 Å². The Kier molecular flexibility index (Phi) is 6.52. The van der Waals surface area contributed by atoms with Gasteiger partial charge in [0.25, 0.3) is 5.91 Å². The summed E-state index contributed by atoms with van der Waals surface area (Å²) in [5.41, 5.74) is 2.18. The van der Waals surface area contributed by atoms with E-state index in [1.807, 2.05) is 12.1 Å². The van der Waals surface area contributed by atoms with E-state index in [4.69, 9.17) is 16.3 Å². The second kappa shape index (κ2) is 9.66. The molecule has 0 radical (unpaired) electrons. The minimum Gasteiger partial charge on any atom is -0.449 e. The lowest BCUT2D eigenvalue weighted by atomic mass is 10.1. The van der Waals surface area contributed by atoms with E-state index < -0.39 is 5.91 Å². The average Bonchev–Trinajstić information content (AvgIpc) is 2.79. The van der Waals surface area contributed by atoms with Crippen molar-refractivity contribution in [3.63, 3.8) is 0 Å². The fourth-order valence-corrected chi connectivity index (χ4v) is 3.45. The number of nitrogens with zero attached hydrogens (tertiary/aromatic N) is 1. The first-order valence-corrected chi connectivity index (χ1v) is 10.4. The zero-order chi connectivity index (χ0) is 22.5. The van der Waals surface area contributed by atoms with Crippen LogP contribution in [0.4, 0.5) is 10.1 Å². The predicted molar refractivity (Wildman–Crippen MR) is 122 cm³/mol. The van der Waals surface area contributed by atoms with Crippen molar-refractivity contribution in [3.8, 4) is 5.75 Å². The fourth-order valence-electron chi connectivity index (χ4n) is 3.33. The molecule has 0 fully saturated rings. The van der Waals surface area contributed by atoms with Crippen molar-refractivity contribution >= 4 is 35.2 Å². The highest BCUT2D eigenvalue weighted by molar-refractivity contribution is 6.30. The summed E-state index contributed by atoms with van der Waals surface area (Å²) in [7, 11) is 0. The van der Waals surface area contributed by atoms with E-state index in [1.54, 1.807) is 48.5 Å². The minimum absolute atomic E-state index is 0.0595. The Morgan fingerprint density at radius 2 is 1.75 bits per heavy atom. The summed E-state index contributed by atoms with van der Waals surface area (Å²) in [4.78, 5) is 27.1. The standard InChI is InChI=1S/C25H20ClFN2O3/c26-19-9-5-17(6-10-19)13-14-28-24(30)16-29-21-3-1-2-4-22(21)32-23(25(29)31)15-18-7-11-20(27)12-8-18/h1-12,15H,13-14,16H2,(H,28,30)/b23-15+. The monoisotopic (exact) mass is 450 g/mol. The molecule has 1 aliphatic rings. The molecule has 0 aliphatic carbocycles. The number of carbonyl (C=O) groups is 2. The molecule has 0 aromatic heterocycles. The number of benzene rings is 3. The lowest BCUT2D eigenvalue weighted by molar-refractivity contribution is -0.123. The first kappa shape index (κ1) is 21.6. The average molecular weight is 451 g/mol. The van der Waals surface area contributed by atoms with Crippen molar-refractivity contribution in [1.29, 1.82) is 0 Å². The van der Waals surface area contributed by atoms with Crippen molar-refractivity contribution in [1.82, 2.24) is 5.32 Å². The smallest absolute Gasteiger partial charge is 0.294 e. The summed E-state index contributed by atoms with van der Waals surface area (Å²) in [5, 5.41) is 3.51. The molecule has 0 bridgehead atoms. The van der Waals surface area contributed by atoms with Crippen LogP contribution >= 0.6 is 11.6 Å². The van der Waals surface area contributed by atoms with Gasteiger partial charge in [0.15, 0.2) is 11.5 Å². The minimum atomic E-state index is -0.444. The van der Waals surface area contributed by atoms with Gasteiger partial charge in [-0.15, -0.1) is 0 Å². The number of carbonyl (C=O) groups excluding carboxylic acids is 2. The Morgan fingerprint density at radius 1 is 1.03 bits per heavy atom. The molecule has 162 valence electrons. The largest absolute Gasteiger partial charge is 0.449 e. The first-order valence-electron chi connectivity index (χ1n) is 10.1. The molecule has 32 heavy (non-hydrogen) atoms. The third kappa shape index (κ3) is 5.15. The Labute approximate surface area is 190 Å². The first-order chi connectivity index (χ1) is 15.5. The molecule has 4 rings (SSSR count). The zero-order valence-corrected chi connectivity index (χ0v) is 17.8. The molecule has 0 atom stereocenters. The van der Waals surface area contributed by atoms with Gasteiger partial charge in [-0.05, 0) is 60.0 Å². The molecule has 0 saturated carbocycles. The van der Waals surface area contributed by atoms with E-state index in [9.17, 15) is 14.0 Å². The molecule has 7 heteroatoms. The van der Waals surface area contributed by atoms with Crippen molar-refractivity contribution in [2.75, 3.05) is 18.0 Å². The van der Waals surface area contributed by atoms with Crippen LogP contribution in [-0.2, 0) is 16.0 Å². The molecule has 5 nitrogen and oxygen atoms in total. The number of ether oxygens (including phenoxy) is 1. The topological polar surface area (TPSA) is 58.6 Å². The van der Waals surface area contributed by atoms with Gasteiger partial charge in [0.05, 0.1) is 5.69 Å². The van der Waals surface area contributed by atoms with Crippen molar-refractivity contribution < 1.29 is 18.7 Å². The lowest BCUT2D eigenvalue weighted by Crippen LogP contribution is -2.44. The van der Waals surface area contributed by atoms with Gasteiger partial charge in [-0.25, -0.2) is 4.39 Å². The molecule has 0 spiro atoms. The van der Waals surface area contributed by atoms with Gasteiger partial charge >= 0.3 is 0 Å². The maximum Gasteiger partial charge on any atom is 0.294 e. The van der Waals surface area contributed by atoms with E-state index in [1.165, 1.54) is 23.1 Å². The van der Waals surface area contributed by atoms with Crippen molar-refractivity contribution in [2.24, 2.45) is 0 Å². The van der Waals surface area contributed by atoms with E-state index in [2.05, 4.69) is 5.32 Å². The lowest BCUT2D eigenvalue weighted by Gasteiger charge is -2.30. The molecule has 3 aromatic rings. The number of halogens is 2. The Bertz CT molecular complexity index is 1160. The quantitative estimate of drug-likeness (QED) is 0.558. The van der Waals surface area contributed by atoms with Crippen LogP contribution in [0.3, 0.4) is 0 Å². The molecular formula is C25H20ClFN2O3. The van der Waals surface area contributed by atoms with Crippen LogP contribution in [0.15, 0.2) is 78.6 Å². The molecular weight excluding hydrogens is 431 g/mol. The maximum atomic E-state index is 13.2. The van der Waals surface area contributed by atoms with Crippen molar-refractivity contribution in [3.05, 3.63) is 101 Å². The Hall–Kier alpha value is -3.64. The predicted octanol–water partition coefficient (Wildman–Crippen LogP) is 4.60. The highest BCUT2D eigenvalue weighted by atomic mass is 35.5. The summed E-state index contributed by atoms with van der Waals surface area (Å²) in [6, 6.07) is 20.1. The summed E-state index contributed by atoms with van der Waals surface area (Å²) in [6.45, 7) is 0.277. The summed E-state index contributed by atoms with van der Waals surface area (Å²) in [6.07, 6.45) is 2.18. The van der Waals surface area contributed by atoms with E-state index in [0.717, 1.165) is 5.56 Å². The number of fused-ring (bicyclic) bond motifs is 1. The Balaban J connectivity index is 1.47. The zero-order valence-electron chi connectivity index (χ0n) is 17.1. The maximum absolute atomic E-state index is 13.2. The van der Waals surface area contributed by atoms with Crippen LogP contribution in [0.2, 0.25) is 5.02 Å². The van der Waals surface area contributed by atoms with Gasteiger partial charge in [-0.1, -0.05) is 48.0 Å². The number of nitrogens with one attached hydrogen (secondary N) is 1. The summed E-state index contributed by atoms with van der Waals surface area (Å²) in [5.74, 6) is -0.574. The second-order valence-corrected chi connectivity index (χ2v) is 7.68. The van der Waals surface area contributed by atoms with Crippen LogP contribution in [0.5, 0.6) is 5.75 Å². The number of hydrogen-bond acceptors (Lipinski definition) is 3. The molecule has 0 unspecified atom stereocenters. The SMILES string of the molecule is O=C(CN1C(=O)/C(=C\c2ccc(F)cc2)Oc2ccccc21)NCCc1ccc(Cl)cc1.